The topological polar surface area (TPSA) is 123 Å². The number of rotatable bonds is 7. The lowest BCUT2D eigenvalue weighted by atomic mass is 9.63. The van der Waals surface area contributed by atoms with Gasteiger partial charge in [-0.05, 0) is 53.9 Å². The molecule has 14 heteroatoms. The lowest BCUT2D eigenvalue weighted by Gasteiger charge is -2.36. The largest absolute Gasteiger partial charge is 0.495 e. The standard InChI is InChI=1S/C30H26Cl2F4N4O4/c1-13(30(34,35)36)10-22-29(17-8-7-15(31)12-20(17)39-28(29)43)23(16-4-3-5-18(32)24(16)33)25(40-22)27(42)38-19-9-6-14(26(37)41)11-21(19)44-2/h3-9,11-13,22-23,25,40H,10H2,1-2H3,(H2,37,41)(H,38,42)(H,39,43)/t13-,22?,23?,25?,29?/m1/s1. The van der Waals surface area contributed by atoms with Crippen molar-refractivity contribution in [2.45, 2.75) is 42.9 Å². The third kappa shape index (κ3) is 5.24. The number of methoxy groups -OCH3 is 1. The second-order valence-electron chi connectivity index (χ2n) is 10.8. The van der Waals surface area contributed by atoms with Crippen molar-refractivity contribution in [3.8, 4) is 5.75 Å². The van der Waals surface area contributed by atoms with E-state index in [4.69, 9.17) is 33.7 Å². The van der Waals surface area contributed by atoms with Crippen LogP contribution in [0.25, 0.3) is 0 Å². The Bertz CT molecular complexity index is 1670. The molecule has 0 saturated carbocycles. The van der Waals surface area contributed by atoms with E-state index >= 15 is 4.39 Å². The Kier molecular flexibility index (Phi) is 8.29. The van der Waals surface area contributed by atoms with Crippen LogP contribution in [-0.2, 0) is 15.0 Å². The Morgan fingerprint density at radius 3 is 2.52 bits per heavy atom. The molecule has 3 aromatic rings. The van der Waals surface area contributed by atoms with Crippen molar-refractivity contribution >= 4 is 52.3 Å². The fourth-order valence-electron chi connectivity index (χ4n) is 6.22. The molecule has 2 heterocycles. The number of hydrogen-bond acceptors (Lipinski definition) is 5. The number of nitrogens with one attached hydrogen (secondary N) is 3. The molecule has 5 N–H and O–H groups in total. The lowest BCUT2D eigenvalue weighted by molar-refractivity contribution is -0.173. The summed E-state index contributed by atoms with van der Waals surface area (Å²) < 4.78 is 62.9. The van der Waals surface area contributed by atoms with Crippen LogP contribution in [0.4, 0.5) is 28.9 Å². The predicted octanol–water partition coefficient (Wildman–Crippen LogP) is 5.78. The Balaban J connectivity index is 1.70. The number of carbonyl (C=O) groups is 3. The number of anilines is 2. The summed E-state index contributed by atoms with van der Waals surface area (Å²) in [5, 5.41) is 8.26. The molecule has 2 aliphatic rings. The van der Waals surface area contributed by atoms with E-state index in [1.165, 1.54) is 61.7 Å². The van der Waals surface area contributed by atoms with Crippen LogP contribution in [0.1, 0.15) is 40.7 Å². The van der Waals surface area contributed by atoms with Gasteiger partial charge in [0.15, 0.2) is 0 Å². The van der Waals surface area contributed by atoms with Crippen molar-refractivity contribution in [2.24, 2.45) is 11.7 Å². The zero-order valence-electron chi connectivity index (χ0n) is 23.2. The monoisotopic (exact) mass is 652 g/mol. The first-order chi connectivity index (χ1) is 20.7. The summed E-state index contributed by atoms with van der Waals surface area (Å²) in [7, 11) is 1.29. The Morgan fingerprint density at radius 1 is 1.14 bits per heavy atom. The van der Waals surface area contributed by atoms with Gasteiger partial charge < -0.3 is 26.4 Å². The molecule has 0 aliphatic carbocycles. The summed E-state index contributed by atoms with van der Waals surface area (Å²) in [5.74, 6) is -6.44. The number of primary amides is 1. The van der Waals surface area contributed by atoms with Gasteiger partial charge in [0.05, 0.1) is 29.8 Å². The van der Waals surface area contributed by atoms with Crippen molar-refractivity contribution in [3.63, 3.8) is 0 Å². The maximum Gasteiger partial charge on any atom is 0.391 e. The van der Waals surface area contributed by atoms with Crippen molar-refractivity contribution in [2.75, 3.05) is 17.7 Å². The number of hydrogen-bond donors (Lipinski definition) is 4. The van der Waals surface area contributed by atoms with E-state index in [9.17, 15) is 27.6 Å². The number of halogens is 6. The van der Waals surface area contributed by atoms with Crippen molar-refractivity contribution in [1.29, 1.82) is 0 Å². The summed E-state index contributed by atoms with van der Waals surface area (Å²) >= 11 is 12.3. The number of nitrogens with two attached hydrogens (primary N) is 1. The summed E-state index contributed by atoms with van der Waals surface area (Å²) in [6.07, 6.45) is -5.26. The fourth-order valence-corrected chi connectivity index (χ4v) is 6.57. The van der Waals surface area contributed by atoms with Crippen LogP contribution < -0.4 is 26.4 Å². The summed E-state index contributed by atoms with van der Waals surface area (Å²) in [6.45, 7) is 0.971. The van der Waals surface area contributed by atoms with Gasteiger partial charge in [-0.1, -0.05) is 48.3 Å². The van der Waals surface area contributed by atoms with Gasteiger partial charge in [-0.15, -0.1) is 0 Å². The molecular weight excluding hydrogens is 627 g/mol. The summed E-state index contributed by atoms with van der Waals surface area (Å²) in [6, 6.07) is 9.69. The maximum atomic E-state index is 15.9. The van der Waals surface area contributed by atoms with Gasteiger partial charge >= 0.3 is 6.18 Å². The van der Waals surface area contributed by atoms with Gasteiger partial charge in [-0.25, -0.2) is 4.39 Å². The molecule has 44 heavy (non-hydrogen) atoms. The van der Waals surface area contributed by atoms with Gasteiger partial charge in [0, 0.05) is 28.2 Å². The van der Waals surface area contributed by atoms with Gasteiger partial charge in [0.1, 0.15) is 17.0 Å². The van der Waals surface area contributed by atoms with Crippen molar-refractivity contribution in [3.05, 3.63) is 87.2 Å². The van der Waals surface area contributed by atoms with E-state index in [0.29, 0.717) is 0 Å². The number of benzene rings is 3. The molecule has 0 radical (unpaired) electrons. The minimum absolute atomic E-state index is 0.0636. The quantitative estimate of drug-likeness (QED) is 0.241. The molecule has 1 saturated heterocycles. The zero-order chi connectivity index (χ0) is 32.1. The first-order valence-corrected chi connectivity index (χ1v) is 14.1. The molecule has 232 valence electrons. The molecule has 5 atom stereocenters. The number of carbonyl (C=O) groups excluding carboxylic acids is 3. The van der Waals surface area contributed by atoms with Gasteiger partial charge in [0.2, 0.25) is 17.7 Å². The predicted molar refractivity (Wildman–Crippen MR) is 157 cm³/mol. The molecule has 5 rings (SSSR count). The summed E-state index contributed by atoms with van der Waals surface area (Å²) in [5.41, 5.74) is 3.97. The molecular formula is C30H26Cl2F4N4O4. The van der Waals surface area contributed by atoms with Crippen LogP contribution in [0.3, 0.4) is 0 Å². The highest BCUT2D eigenvalue weighted by atomic mass is 35.5. The highest BCUT2D eigenvalue weighted by molar-refractivity contribution is 6.31. The Morgan fingerprint density at radius 2 is 1.86 bits per heavy atom. The lowest BCUT2D eigenvalue weighted by Crippen LogP contribution is -2.49. The first-order valence-electron chi connectivity index (χ1n) is 13.4. The van der Waals surface area contributed by atoms with Crippen LogP contribution in [0.2, 0.25) is 10.0 Å². The van der Waals surface area contributed by atoms with Gasteiger partial charge in [0.25, 0.3) is 0 Å². The van der Waals surface area contributed by atoms with E-state index < -0.39 is 65.5 Å². The summed E-state index contributed by atoms with van der Waals surface area (Å²) in [4.78, 5) is 39.8. The van der Waals surface area contributed by atoms with Crippen molar-refractivity contribution in [1.82, 2.24) is 5.32 Å². The second kappa shape index (κ2) is 11.6. The van der Waals surface area contributed by atoms with E-state index in [1.807, 2.05) is 0 Å². The molecule has 2 aliphatic heterocycles. The molecule has 0 aromatic heterocycles. The van der Waals surface area contributed by atoms with Crippen LogP contribution in [0.15, 0.2) is 54.6 Å². The second-order valence-corrected chi connectivity index (χ2v) is 11.6. The van der Waals surface area contributed by atoms with Crippen LogP contribution in [0.5, 0.6) is 5.75 Å². The van der Waals surface area contributed by atoms with E-state index in [-0.39, 0.29) is 43.9 Å². The minimum Gasteiger partial charge on any atom is -0.495 e. The third-order valence-corrected chi connectivity index (χ3v) is 8.82. The maximum absolute atomic E-state index is 15.9. The van der Waals surface area contributed by atoms with Crippen LogP contribution in [0, 0.1) is 11.7 Å². The van der Waals surface area contributed by atoms with E-state index in [0.717, 1.165) is 6.92 Å². The molecule has 1 spiro atoms. The molecule has 8 nitrogen and oxygen atoms in total. The highest BCUT2D eigenvalue weighted by Crippen LogP contribution is 2.57. The average molecular weight is 653 g/mol. The Labute approximate surface area is 259 Å². The van der Waals surface area contributed by atoms with Gasteiger partial charge in [-0.2, -0.15) is 13.2 Å². The molecule has 0 bridgehead atoms. The van der Waals surface area contributed by atoms with Crippen LogP contribution in [-0.4, -0.2) is 43.1 Å². The third-order valence-electron chi connectivity index (χ3n) is 8.30. The number of alkyl halides is 3. The average Bonchev–Trinajstić information content (AvgIpc) is 3.44. The molecule has 3 aromatic carbocycles. The van der Waals surface area contributed by atoms with E-state index in [1.54, 1.807) is 0 Å². The smallest absolute Gasteiger partial charge is 0.391 e. The fraction of sp³-hybridized carbons (Fsp3) is 0.300. The van der Waals surface area contributed by atoms with Crippen molar-refractivity contribution < 1.29 is 36.7 Å². The zero-order valence-corrected chi connectivity index (χ0v) is 24.7. The Hall–Kier alpha value is -3.87. The van der Waals surface area contributed by atoms with Gasteiger partial charge in [-0.3, -0.25) is 14.4 Å². The van der Waals surface area contributed by atoms with Crippen LogP contribution >= 0.6 is 23.2 Å². The number of fused-ring (bicyclic) bond motifs is 2. The molecule has 3 amide bonds. The SMILES string of the molecule is COc1cc(C(N)=O)ccc1NC(=O)C1NC(C[C@@H](C)C(F)(F)F)C2(C(=O)Nc3cc(Cl)ccc32)C1c1cccc(Cl)c1F. The number of ether oxygens (including phenoxy) is 1. The van der Waals surface area contributed by atoms with E-state index in [2.05, 4.69) is 16.0 Å². The number of amides is 3. The minimum atomic E-state index is -4.63. The first kappa shape index (κ1) is 31.6. The molecule has 4 unspecified atom stereocenters. The highest BCUT2D eigenvalue weighted by Gasteiger charge is 2.66. The normalized spacial score (nSPS) is 23.3. The molecule has 1 fully saturated rings.